The molecule has 0 unspecified atom stereocenters. The molecule has 0 radical (unpaired) electrons. The highest BCUT2D eigenvalue weighted by atomic mass is 28.4. The molecule has 0 aliphatic rings. The number of benzene rings is 3. The third kappa shape index (κ3) is 4.96. The van der Waals surface area contributed by atoms with Crippen LogP contribution in [0.15, 0.2) is 54.6 Å². The van der Waals surface area contributed by atoms with Gasteiger partial charge in [-0.2, -0.15) is 0 Å². The zero-order valence-electron chi connectivity index (χ0n) is 16.9. The molecule has 0 saturated heterocycles. The van der Waals surface area contributed by atoms with Crippen molar-refractivity contribution in [3.63, 3.8) is 0 Å². The van der Waals surface area contributed by atoms with Gasteiger partial charge in [0.1, 0.15) is 0 Å². The summed E-state index contributed by atoms with van der Waals surface area (Å²) >= 11 is 0. The van der Waals surface area contributed by atoms with Crippen LogP contribution in [0.4, 0.5) is 0 Å². The topological polar surface area (TPSA) is 65.0 Å². The summed E-state index contributed by atoms with van der Waals surface area (Å²) in [6.07, 6.45) is 2.24. The van der Waals surface area contributed by atoms with Crippen molar-refractivity contribution in [3.05, 3.63) is 60.2 Å². The molecule has 0 amide bonds. The third-order valence-electron chi connectivity index (χ3n) is 4.75. The maximum Gasteiger partial charge on any atom is 0.500 e. The largest absolute Gasteiger partial charge is 0.500 e. The summed E-state index contributed by atoms with van der Waals surface area (Å²) in [5.41, 5.74) is 0.388. The first-order valence-corrected chi connectivity index (χ1v) is 11.2. The lowest BCUT2D eigenvalue weighted by atomic mass is 9.97. The van der Waals surface area contributed by atoms with Gasteiger partial charge in [0.15, 0.2) is 0 Å². The van der Waals surface area contributed by atoms with Crippen molar-refractivity contribution in [1.29, 1.82) is 0 Å². The van der Waals surface area contributed by atoms with E-state index >= 15 is 0 Å². The molecule has 6 heteroatoms. The van der Waals surface area contributed by atoms with Gasteiger partial charge in [0.05, 0.1) is 5.56 Å². The van der Waals surface area contributed by atoms with Crippen molar-refractivity contribution < 1.29 is 23.2 Å². The number of aromatic carboxylic acids is 1. The summed E-state index contributed by atoms with van der Waals surface area (Å²) < 4.78 is 15.7. The standard InChI is InChI=1S/C15H10O2.C7H18O3Si/c16-15(17)14-12-7-3-1-5-10(12)9-11-6-2-4-8-13(11)14;1-5-6-7-11(8-2,9-3)10-4/h1-9H,(H,16,17);5-7H2,1-4H3. The highest BCUT2D eigenvalue weighted by molar-refractivity contribution is 6.60. The minimum atomic E-state index is -2.24. The average molecular weight is 401 g/mol. The Kier molecular flexibility index (Phi) is 8.13. The van der Waals surface area contributed by atoms with Gasteiger partial charge in [-0.05, 0) is 34.0 Å². The van der Waals surface area contributed by atoms with E-state index in [4.69, 9.17) is 13.3 Å². The molecule has 0 saturated carbocycles. The van der Waals surface area contributed by atoms with Gasteiger partial charge in [-0.1, -0.05) is 61.9 Å². The van der Waals surface area contributed by atoms with Crippen LogP contribution in [-0.2, 0) is 13.3 Å². The molecule has 3 rings (SSSR count). The zero-order valence-corrected chi connectivity index (χ0v) is 17.9. The molecule has 3 aromatic carbocycles. The number of fused-ring (bicyclic) bond motifs is 2. The number of carbonyl (C=O) groups is 1. The first-order valence-electron chi connectivity index (χ1n) is 9.31. The van der Waals surface area contributed by atoms with Crippen molar-refractivity contribution in [1.82, 2.24) is 0 Å². The fourth-order valence-corrected chi connectivity index (χ4v) is 5.09. The quantitative estimate of drug-likeness (QED) is 0.427. The van der Waals surface area contributed by atoms with Crippen LogP contribution in [0.5, 0.6) is 0 Å². The Morgan fingerprint density at radius 3 is 1.75 bits per heavy atom. The number of carboxylic acid groups (broad SMARTS) is 1. The first-order chi connectivity index (χ1) is 13.5. The van der Waals surface area contributed by atoms with Gasteiger partial charge in [0.2, 0.25) is 0 Å². The van der Waals surface area contributed by atoms with E-state index in [0.29, 0.717) is 5.56 Å². The molecule has 0 spiro atoms. The molecule has 0 aromatic heterocycles. The number of hydrogen-bond acceptors (Lipinski definition) is 4. The minimum Gasteiger partial charge on any atom is -0.478 e. The van der Waals surface area contributed by atoms with Crippen LogP contribution >= 0.6 is 0 Å². The van der Waals surface area contributed by atoms with Gasteiger partial charge in [0, 0.05) is 27.4 Å². The Morgan fingerprint density at radius 1 is 0.893 bits per heavy atom. The second-order valence-corrected chi connectivity index (χ2v) is 9.49. The summed E-state index contributed by atoms with van der Waals surface area (Å²) in [5.74, 6) is -0.877. The van der Waals surface area contributed by atoms with E-state index in [0.717, 1.165) is 40.4 Å². The van der Waals surface area contributed by atoms with E-state index in [2.05, 4.69) is 6.92 Å². The van der Waals surface area contributed by atoms with Crippen LogP contribution in [-0.4, -0.2) is 41.2 Å². The molecule has 0 bridgehead atoms. The van der Waals surface area contributed by atoms with Crippen LogP contribution in [0.3, 0.4) is 0 Å². The summed E-state index contributed by atoms with van der Waals surface area (Å²) in [6.45, 7) is 2.14. The summed E-state index contributed by atoms with van der Waals surface area (Å²) in [7, 11) is 2.70. The smallest absolute Gasteiger partial charge is 0.478 e. The molecular weight excluding hydrogens is 372 g/mol. The van der Waals surface area contributed by atoms with E-state index in [-0.39, 0.29) is 0 Å². The van der Waals surface area contributed by atoms with Gasteiger partial charge in [0.25, 0.3) is 0 Å². The van der Waals surface area contributed by atoms with Crippen molar-refractivity contribution in [2.75, 3.05) is 21.3 Å². The van der Waals surface area contributed by atoms with Crippen LogP contribution in [0, 0.1) is 0 Å². The van der Waals surface area contributed by atoms with Gasteiger partial charge in [-0.25, -0.2) is 4.79 Å². The maximum atomic E-state index is 11.4. The molecule has 150 valence electrons. The fourth-order valence-electron chi connectivity index (χ4n) is 3.19. The van der Waals surface area contributed by atoms with E-state index in [9.17, 15) is 9.90 Å². The SMILES string of the molecule is CCCC[Si](OC)(OC)OC.O=C(O)c1c2ccccc2cc2ccccc12. The Balaban J connectivity index is 0.000000224. The highest BCUT2D eigenvalue weighted by Gasteiger charge is 2.36. The van der Waals surface area contributed by atoms with E-state index < -0.39 is 14.8 Å². The predicted octanol–water partition coefficient (Wildman–Crippen LogP) is 5.36. The van der Waals surface area contributed by atoms with E-state index in [1.807, 2.05) is 54.6 Å². The molecule has 3 aromatic rings. The molecule has 0 aliphatic carbocycles. The molecule has 28 heavy (non-hydrogen) atoms. The van der Waals surface area contributed by atoms with Gasteiger partial charge in [-0.15, -0.1) is 0 Å². The highest BCUT2D eigenvalue weighted by Crippen LogP contribution is 2.28. The van der Waals surface area contributed by atoms with Crippen LogP contribution < -0.4 is 0 Å². The minimum absolute atomic E-state index is 0.388. The molecule has 0 atom stereocenters. The molecule has 0 aliphatic heterocycles. The van der Waals surface area contributed by atoms with Crippen molar-refractivity contribution >= 4 is 36.3 Å². The number of hydrogen-bond donors (Lipinski definition) is 1. The molecule has 0 fully saturated rings. The Bertz CT molecular complexity index is 859. The van der Waals surface area contributed by atoms with Gasteiger partial charge in [-0.3, -0.25) is 0 Å². The fraction of sp³-hybridized carbons (Fsp3) is 0.318. The lowest BCUT2D eigenvalue weighted by molar-refractivity contribution is 0.0701. The summed E-state index contributed by atoms with van der Waals surface area (Å²) in [5, 5.41) is 12.9. The Morgan fingerprint density at radius 2 is 1.36 bits per heavy atom. The van der Waals surface area contributed by atoms with Crippen LogP contribution in [0.1, 0.15) is 30.1 Å². The third-order valence-corrected chi connectivity index (χ3v) is 7.59. The van der Waals surface area contributed by atoms with Crippen LogP contribution in [0.2, 0.25) is 6.04 Å². The van der Waals surface area contributed by atoms with E-state index in [1.54, 1.807) is 21.3 Å². The van der Waals surface area contributed by atoms with Crippen molar-refractivity contribution in [2.45, 2.75) is 25.8 Å². The average Bonchev–Trinajstić information content (AvgIpc) is 2.73. The second kappa shape index (κ2) is 10.3. The molecule has 5 nitrogen and oxygen atoms in total. The monoisotopic (exact) mass is 400 g/mol. The Hall–Kier alpha value is -2.25. The second-order valence-electron chi connectivity index (χ2n) is 6.40. The summed E-state index contributed by atoms with van der Waals surface area (Å²) in [4.78, 5) is 11.4. The normalized spacial score (nSPS) is 11.3. The predicted molar refractivity (Wildman–Crippen MR) is 115 cm³/mol. The summed E-state index contributed by atoms with van der Waals surface area (Å²) in [6, 6.07) is 18.1. The van der Waals surface area contributed by atoms with Gasteiger partial charge < -0.3 is 18.4 Å². The maximum absolute atomic E-state index is 11.4. The Labute approximate surface area is 167 Å². The molecular formula is C22H28O5Si. The van der Waals surface area contributed by atoms with Crippen molar-refractivity contribution in [3.8, 4) is 0 Å². The zero-order chi connectivity index (χ0) is 20.6. The first kappa shape index (κ1) is 22.0. The molecule has 0 heterocycles. The molecule has 1 N–H and O–H groups in total. The van der Waals surface area contributed by atoms with Gasteiger partial charge >= 0.3 is 14.8 Å². The number of carboxylic acids is 1. The lowest BCUT2D eigenvalue weighted by Crippen LogP contribution is -2.42. The van der Waals surface area contributed by atoms with E-state index in [1.165, 1.54) is 0 Å². The number of rotatable bonds is 7. The lowest BCUT2D eigenvalue weighted by Gasteiger charge is -2.23. The number of unbranched alkanes of at least 4 members (excludes halogenated alkanes) is 1. The van der Waals surface area contributed by atoms with Crippen molar-refractivity contribution in [2.24, 2.45) is 0 Å². The van der Waals surface area contributed by atoms with Crippen LogP contribution in [0.25, 0.3) is 21.5 Å².